The van der Waals surface area contributed by atoms with Gasteiger partial charge in [0.25, 0.3) is 5.69 Å². The second-order valence-electron chi connectivity index (χ2n) is 5.15. The third-order valence-corrected chi connectivity index (χ3v) is 4.42. The fraction of sp³-hybridized carbons (Fsp3) is 0.385. The maximum atomic E-state index is 12.2. The summed E-state index contributed by atoms with van der Waals surface area (Å²) in [4.78, 5) is 23.9. The average molecular weight is 334 g/mol. The van der Waals surface area contributed by atoms with Crippen LogP contribution in [0.3, 0.4) is 0 Å². The number of non-ortho nitro benzene ring substituents is 1. The Labute approximate surface area is 135 Å². The highest BCUT2D eigenvalue weighted by molar-refractivity contribution is 7.99. The predicted molar refractivity (Wildman–Crippen MR) is 83.3 cm³/mol. The van der Waals surface area contributed by atoms with Crippen molar-refractivity contribution in [2.75, 3.05) is 17.7 Å². The fourth-order valence-electron chi connectivity index (χ4n) is 1.99. The first-order valence-corrected chi connectivity index (χ1v) is 7.96. The second kappa shape index (κ2) is 6.32. The number of amides is 1. The van der Waals surface area contributed by atoms with Crippen LogP contribution in [0.1, 0.15) is 18.9 Å². The van der Waals surface area contributed by atoms with Crippen LogP contribution in [-0.2, 0) is 4.79 Å². The van der Waals surface area contributed by atoms with Gasteiger partial charge in [-0.1, -0.05) is 11.8 Å². The Morgan fingerprint density at radius 1 is 1.43 bits per heavy atom. The highest BCUT2D eigenvalue weighted by Gasteiger charge is 2.28. The number of thioether (sulfide) groups is 1. The smallest absolute Gasteiger partial charge is 0.269 e. The molecule has 0 aliphatic heterocycles. The van der Waals surface area contributed by atoms with Gasteiger partial charge in [0.2, 0.25) is 11.1 Å². The number of rotatable bonds is 6. The van der Waals surface area contributed by atoms with Crippen LogP contribution in [0, 0.1) is 10.1 Å². The van der Waals surface area contributed by atoms with Crippen molar-refractivity contribution >= 4 is 29.0 Å². The molecule has 9 nitrogen and oxygen atoms in total. The van der Waals surface area contributed by atoms with Gasteiger partial charge in [0.05, 0.1) is 16.7 Å². The van der Waals surface area contributed by atoms with Crippen LogP contribution in [0.25, 0.3) is 0 Å². The zero-order chi connectivity index (χ0) is 16.4. The molecule has 1 amide bonds. The number of nitro groups is 1. The third kappa shape index (κ3) is 3.47. The predicted octanol–water partition coefficient (Wildman–Crippen LogP) is 1.67. The molecule has 1 saturated carbocycles. The maximum Gasteiger partial charge on any atom is 0.269 e. The molecular formula is C13H14N6O3S. The second-order valence-corrected chi connectivity index (χ2v) is 6.09. The Morgan fingerprint density at radius 2 is 2.13 bits per heavy atom. The number of aromatic nitrogens is 4. The molecule has 1 aromatic heterocycles. The Balaban J connectivity index is 1.60. The molecule has 23 heavy (non-hydrogen) atoms. The summed E-state index contributed by atoms with van der Waals surface area (Å²) in [6.07, 6.45) is 2.13. The standard InChI is InChI=1S/C13H14N6O3S/c1-17(9-2-6-11(7-3-9)19(21)22)12(20)8-23-13-14-15-16-18(13)10-4-5-10/h2-3,6-7,10H,4-5,8H2,1H3. The molecule has 0 spiro atoms. The first-order chi connectivity index (χ1) is 11.1. The Morgan fingerprint density at radius 3 is 2.74 bits per heavy atom. The highest BCUT2D eigenvalue weighted by atomic mass is 32.2. The highest BCUT2D eigenvalue weighted by Crippen LogP contribution is 2.36. The van der Waals surface area contributed by atoms with E-state index in [0.717, 1.165) is 12.8 Å². The number of benzene rings is 1. The molecule has 10 heteroatoms. The summed E-state index contributed by atoms with van der Waals surface area (Å²) in [5.74, 6) is 0.0647. The minimum atomic E-state index is -0.473. The summed E-state index contributed by atoms with van der Waals surface area (Å²) in [5.41, 5.74) is 0.593. The summed E-state index contributed by atoms with van der Waals surface area (Å²) < 4.78 is 1.75. The van der Waals surface area contributed by atoms with E-state index in [1.54, 1.807) is 23.9 Å². The maximum absolute atomic E-state index is 12.2. The molecule has 1 aromatic carbocycles. The van der Waals surface area contributed by atoms with Gasteiger partial charge >= 0.3 is 0 Å². The summed E-state index contributed by atoms with van der Waals surface area (Å²) in [7, 11) is 1.63. The molecule has 0 unspecified atom stereocenters. The van der Waals surface area contributed by atoms with Crippen LogP contribution in [0.5, 0.6) is 0 Å². The van der Waals surface area contributed by atoms with E-state index in [1.165, 1.54) is 28.8 Å². The number of hydrogen-bond acceptors (Lipinski definition) is 7. The van der Waals surface area contributed by atoms with E-state index in [0.29, 0.717) is 16.9 Å². The van der Waals surface area contributed by atoms with Crippen molar-refractivity contribution in [2.45, 2.75) is 24.0 Å². The SMILES string of the molecule is CN(C(=O)CSc1nnnn1C1CC1)c1ccc([N+](=O)[O-])cc1. The summed E-state index contributed by atoms with van der Waals surface area (Å²) in [5, 5.41) is 22.8. The minimum Gasteiger partial charge on any atom is -0.315 e. The lowest BCUT2D eigenvalue weighted by Gasteiger charge is -2.16. The van der Waals surface area contributed by atoms with Crippen molar-refractivity contribution in [3.63, 3.8) is 0 Å². The molecule has 120 valence electrons. The molecular weight excluding hydrogens is 320 g/mol. The van der Waals surface area contributed by atoms with Gasteiger partial charge in [0, 0.05) is 24.9 Å². The quantitative estimate of drug-likeness (QED) is 0.449. The Hall–Kier alpha value is -2.49. The van der Waals surface area contributed by atoms with Gasteiger partial charge in [0.1, 0.15) is 0 Å². The van der Waals surface area contributed by atoms with Gasteiger partial charge in [0.15, 0.2) is 0 Å². The van der Waals surface area contributed by atoms with Crippen molar-refractivity contribution in [1.29, 1.82) is 0 Å². The Kier molecular flexibility index (Phi) is 4.24. The van der Waals surface area contributed by atoms with Crippen LogP contribution in [0.15, 0.2) is 29.4 Å². The zero-order valence-electron chi connectivity index (χ0n) is 12.3. The van der Waals surface area contributed by atoms with E-state index in [1.807, 2.05) is 0 Å². The van der Waals surface area contributed by atoms with Crippen molar-refractivity contribution in [2.24, 2.45) is 0 Å². The number of tetrazole rings is 1. The largest absolute Gasteiger partial charge is 0.315 e. The average Bonchev–Trinajstić information content (AvgIpc) is 3.30. The summed E-state index contributed by atoms with van der Waals surface area (Å²) in [6.45, 7) is 0. The van der Waals surface area contributed by atoms with Crippen LogP contribution in [0.4, 0.5) is 11.4 Å². The molecule has 2 aromatic rings. The molecule has 1 aliphatic carbocycles. The number of carbonyl (C=O) groups is 1. The lowest BCUT2D eigenvalue weighted by Crippen LogP contribution is -2.28. The van der Waals surface area contributed by atoms with Crippen LogP contribution < -0.4 is 4.90 Å². The van der Waals surface area contributed by atoms with E-state index in [9.17, 15) is 14.9 Å². The number of nitro benzene ring substituents is 1. The third-order valence-electron chi connectivity index (χ3n) is 3.50. The lowest BCUT2D eigenvalue weighted by atomic mass is 10.2. The molecule has 0 N–H and O–H groups in total. The molecule has 1 aliphatic rings. The van der Waals surface area contributed by atoms with Gasteiger partial charge in [-0.15, -0.1) is 5.10 Å². The van der Waals surface area contributed by atoms with Gasteiger partial charge in [-0.3, -0.25) is 14.9 Å². The van der Waals surface area contributed by atoms with E-state index >= 15 is 0 Å². The molecule has 0 atom stereocenters. The molecule has 1 heterocycles. The van der Waals surface area contributed by atoms with E-state index in [2.05, 4.69) is 15.5 Å². The number of nitrogens with zero attached hydrogens (tertiary/aromatic N) is 6. The van der Waals surface area contributed by atoms with Crippen molar-refractivity contribution in [3.8, 4) is 0 Å². The number of carbonyl (C=O) groups excluding carboxylic acids is 1. The van der Waals surface area contributed by atoms with Gasteiger partial charge in [-0.05, 0) is 35.4 Å². The van der Waals surface area contributed by atoms with Gasteiger partial charge in [-0.2, -0.15) is 0 Å². The molecule has 1 fully saturated rings. The van der Waals surface area contributed by atoms with Crippen LogP contribution in [-0.4, -0.2) is 43.8 Å². The molecule has 0 radical (unpaired) electrons. The lowest BCUT2D eigenvalue weighted by molar-refractivity contribution is -0.384. The monoisotopic (exact) mass is 334 g/mol. The van der Waals surface area contributed by atoms with Crippen molar-refractivity contribution in [3.05, 3.63) is 34.4 Å². The first kappa shape index (κ1) is 15.4. The molecule has 0 bridgehead atoms. The molecule has 3 rings (SSSR count). The minimum absolute atomic E-state index is 0.00687. The number of anilines is 1. The Bertz CT molecular complexity index is 728. The van der Waals surface area contributed by atoms with Crippen molar-refractivity contribution < 1.29 is 9.72 Å². The van der Waals surface area contributed by atoms with E-state index in [4.69, 9.17) is 0 Å². The topological polar surface area (TPSA) is 107 Å². The number of hydrogen-bond donors (Lipinski definition) is 0. The van der Waals surface area contributed by atoms with Crippen molar-refractivity contribution in [1.82, 2.24) is 20.2 Å². The summed E-state index contributed by atoms with van der Waals surface area (Å²) in [6, 6.07) is 6.21. The van der Waals surface area contributed by atoms with Gasteiger partial charge < -0.3 is 4.90 Å². The zero-order valence-corrected chi connectivity index (χ0v) is 13.1. The first-order valence-electron chi connectivity index (χ1n) is 6.98. The molecule has 0 saturated heterocycles. The summed E-state index contributed by atoms with van der Waals surface area (Å²) >= 11 is 1.29. The van der Waals surface area contributed by atoms with Crippen LogP contribution >= 0.6 is 11.8 Å². The van der Waals surface area contributed by atoms with E-state index in [-0.39, 0.29) is 17.3 Å². The van der Waals surface area contributed by atoms with Crippen LogP contribution in [0.2, 0.25) is 0 Å². The van der Waals surface area contributed by atoms with E-state index < -0.39 is 4.92 Å². The fourth-order valence-corrected chi connectivity index (χ4v) is 2.85. The van der Waals surface area contributed by atoms with Gasteiger partial charge in [-0.25, -0.2) is 4.68 Å². The normalized spacial score (nSPS) is 13.8.